The van der Waals surface area contributed by atoms with Crippen LogP contribution in [0.3, 0.4) is 0 Å². The van der Waals surface area contributed by atoms with E-state index in [1.165, 1.54) is 0 Å². The van der Waals surface area contributed by atoms with Gasteiger partial charge in [-0.1, -0.05) is 6.92 Å². The minimum absolute atomic E-state index is 0.0318. The fraction of sp³-hybridized carbons (Fsp3) is 0.571. The summed E-state index contributed by atoms with van der Waals surface area (Å²) in [6.45, 7) is 1.88. The number of hydrogen-bond donors (Lipinski definition) is 2. The first-order valence-electron chi connectivity index (χ1n) is 3.14. The first kappa shape index (κ1) is 7.10. The highest BCUT2D eigenvalue weighted by Gasteiger charge is 2.38. The molecule has 3 N–H and O–H groups in total. The largest absolute Gasteiger partial charge is 0.401 e. The molecule has 0 fully saturated rings. The van der Waals surface area contributed by atoms with E-state index in [1.807, 2.05) is 13.0 Å². The molecule has 1 aliphatic rings. The van der Waals surface area contributed by atoms with Gasteiger partial charge < -0.3 is 10.8 Å². The zero-order valence-electron chi connectivity index (χ0n) is 5.89. The van der Waals surface area contributed by atoms with Crippen molar-refractivity contribution in [3.05, 3.63) is 11.3 Å². The number of aliphatic hydroxyl groups is 1. The summed E-state index contributed by atoms with van der Waals surface area (Å²) in [5.74, 6) is 0. The molecule has 0 amide bonds. The van der Waals surface area contributed by atoms with E-state index in [9.17, 15) is 0 Å². The van der Waals surface area contributed by atoms with Gasteiger partial charge in [0.1, 0.15) is 0 Å². The quantitative estimate of drug-likeness (QED) is 0.541. The number of rotatable bonds is 1. The van der Waals surface area contributed by atoms with Crippen molar-refractivity contribution in [1.82, 2.24) is 0 Å². The van der Waals surface area contributed by atoms with Gasteiger partial charge in [-0.2, -0.15) is 5.26 Å². The maximum Gasteiger partial charge on any atom is 0.0965 e. The van der Waals surface area contributed by atoms with E-state index < -0.39 is 0 Å². The predicted molar refractivity (Wildman–Crippen MR) is 36.6 cm³/mol. The summed E-state index contributed by atoms with van der Waals surface area (Å²) in [4.78, 5) is 0. The number of nitriles is 1. The third-order valence-electron chi connectivity index (χ3n) is 2.03. The number of nitrogens with zero attached hydrogens (tertiary/aromatic N) is 1. The van der Waals surface area contributed by atoms with Gasteiger partial charge in [0.2, 0.25) is 0 Å². The van der Waals surface area contributed by atoms with Crippen LogP contribution in [0, 0.1) is 16.7 Å². The smallest absolute Gasteiger partial charge is 0.0965 e. The van der Waals surface area contributed by atoms with E-state index in [-0.39, 0.29) is 12.0 Å². The lowest BCUT2D eigenvalue weighted by Crippen LogP contribution is -2.38. The third kappa shape index (κ3) is 0.695. The molecule has 0 aromatic heterocycles. The second-order valence-corrected chi connectivity index (χ2v) is 2.90. The maximum atomic E-state index is 8.81. The summed E-state index contributed by atoms with van der Waals surface area (Å²) in [5.41, 5.74) is 6.38. The van der Waals surface area contributed by atoms with Crippen LogP contribution < -0.4 is 5.73 Å². The van der Waals surface area contributed by atoms with Gasteiger partial charge in [-0.3, -0.25) is 0 Å². The molecular formula is C7H10N2O. The fourth-order valence-corrected chi connectivity index (χ4v) is 1.08. The van der Waals surface area contributed by atoms with E-state index in [0.717, 1.165) is 0 Å². The van der Waals surface area contributed by atoms with Crippen LogP contribution in [0.2, 0.25) is 0 Å². The van der Waals surface area contributed by atoms with Crippen LogP contribution in [-0.4, -0.2) is 11.7 Å². The molecule has 10 heavy (non-hydrogen) atoms. The topological polar surface area (TPSA) is 70.0 Å². The van der Waals surface area contributed by atoms with Crippen LogP contribution in [0.4, 0.5) is 0 Å². The highest BCUT2D eigenvalue weighted by atomic mass is 16.3. The molecule has 0 spiro atoms. The van der Waals surface area contributed by atoms with E-state index >= 15 is 0 Å². The van der Waals surface area contributed by atoms with Crippen molar-refractivity contribution in [3.63, 3.8) is 0 Å². The van der Waals surface area contributed by atoms with E-state index in [2.05, 4.69) is 0 Å². The Labute approximate surface area is 59.8 Å². The molecule has 0 aromatic carbocycles. The Morgan fingerprint density at radius 3 is 2.80 bits per heavy atom. The summed E-state index contributed by atoms with van der Waals surface area (Å²) < 4.78 is 0. The first-order chi connectivity index (χ1) is 4.64. The zero-order valence-corrected chi connectivity index (χ0v) is 5.89. The Morgan fingerprint density at radius 2 is 2.50 bits per heavy atom. The van der Waals surface area contributed by atoms with E-state index in [4.69, 9.17) is 16.1 Å². The van der Waals surface area contributed by atoms with Crippen LogP contribution in [0.5, 0.6) is 0 Å². The minimum Gasteiger partial charge on any atom is -0.401 e. The average molecular weight is 138 g/mol. The summed E-state index contributed by atoms with van der Waals surface area (Å²) in [7, 11) is 0. The Hall–Kier alpha value is -1.01. The van der Waals surface area contributed by atoms with Gasteiger partial charge in [0.05, 0.1) is 12.7 Å². The van der Waals surface area contributed by atoms with Gasteiger partial charge in [-0.25, -0.2) is 0 Å². The van der Waals surface area contributed by atoms with E-state index in [0.29, 0.717) is 17.7 Å². The first-order valence-corrected chi connectivity index (χ1v) is 3.14. The van der Waals surface area contributed by atoms with Gasteiger partial charge in [0.25, 0.3) is 0 Å². The van der Waals surface area contributed by atoms with Gasteiger partial charge in [-0.15, -0.1) is 0 Å². The minimum atomic E-state index is -0.314. The highest BCUT2D eigenvalue weighted by molar-refractivity contribution is 5.40. The molecule has 54 valence electrons. The monoisotopic (exact) mass is 138 g/mol. The van der Waals surface area contributed by atoms with E-state index in [1.54, 1.807) is 0 Å². The molecule has 0 aromatic rings. The number of allylic oxidation sites excluding steroid dienone is 1. The molecule has 1 atom stereocenters. The zero-order chi connectivity index (χ0) is 7.78. The molecule has 0 aliphatic heterocycles. The van der Waals surface area contributed by atoms with Crippen LogP contribution in [0.1, 0.15) is 13.3 Å². The Morgan fingerprint density at radius 1 is 1.90 bits per heavy atom. The Kier molecular flexibility index (Phi) is 1.42. The summed E-state index contributed by atoms with van der Waals surface area (Å²) in [6.07, 6.45) is 0.617. The third-order valence-corrected chi connectivity index (χ3v) is 2.03. The number of hydrogen-bond acceptors (Lipinski definition) is 3. The van der Waals surface area contributed by atoms with Gasteiger partial charge >= 0.3 is 0 Å². The summed E-state index contributed by atoms with van der Waals surface area (Å²) in [6, 6.07) is 1.98. The molecule has 0 saturated heterocycles. The van der Waals surface area contributed by atoms with Gasteiger partial charge in [0, 0.05) is 16.7 Å². The number of aliphatic hydroxyl groups excluding tert-OH is 1. The summed E-state index contributed by atoms with van der Waals surface area (Å²) in [5, 5.41) is 17.2. The second kappa shape index (κ2) is 1.99. The maximum absolute atomic E-state index is 8.81. The van der Waals surface area contributed by atoms with Crippen LogP contribution >= 0.6 is 0 Å². The van der Waals surface area contributed by atoms with Crippen molar-refractivity contribution in [2.24, 2.45) is 11.1 Å². The predicted octanol–water partition coefficient (Wildman–Crippen LogP) is 0.125. The second-order valence-electron chi connectivity index (χ2n) is 2.90. The molecule has 3 nitrogen and oxygen atoms in total. The van der Waals surface area contributed by atoms with Gasteiger partial charge in [0.15, 0.2) is 0 Å². The van der Waals surface area contributed by atoms with Crippen molar-refractivity contribution in [3.8, 4) is 6.07 Å². The van der Waals surface area contributed by atoms with Crippen LogP contribution in [0.25, 0.3) is 0 Å². The lowest BCUT2D eigenvalue weighted by molar-refractivity contribution is 0.154. The molecule has 1 rings (SSSR count). The van der Waals surface area contributed by atoms with Crippen LogP contribution in [-0.2, 0) is 0 Å². The van der Waals surface area contributed by atoms with Crippen molar-refractivity contribution in [1.29, 1.82) is 5.26 Å². The fourth-order valence-electron chi connectivity index (χ4n) is 1.08. The standard InChI is InChI=1S/C7H10N2O/c1-7(4-10)2-5(3-8)6(7)9/h10H,2,4,9H2,1H3. The van der Waals surface area contributed by atoms with Crippen molar-refractivity contribution in [2.75, 3.05) is 6.61 Å². The summed E-state index contributed by atoms with van der Waals surface area (Å²) >= 11 is 0. The lowest BCUT2D eigenvalue weighted by Gasteiger charge is -2.36. The molecule has 0 saturated carbocycles. The van der Waals surface area contributed by atoms with Crippen molar-refractivity contribution < 1.29 is 5.11 Å². The van der Waals surface area contributed by atoms with Gasteiger partial charge in [-0.05, 0) is 6.42 Å². The molecule has 0 bridgehead atoms. The normalized spacial score (nSPS) is 31.3. The SMILES string of the molecule is CC1(CO)CC(C#N)=C1N. The number of nitrogens with two attached hydrogens (primary N) is 1. The molecule has 0 heterocycles. The molecular weight excluding hydrogens is 128 g/mol. The average Bonchev–Trinajstić information content (AvgIpc) is 1.98. The molecule has 1 aliphatic carbocycles. The Balaban J connectivity index is 2.84. The molecule has 1 unspecified atom stereocenters. The molecule has 3 heteroatoms. The lowest BCUT2D eigenvalue weighted by atomic mass is 9.70. The molecule has 0 radical (unpaired) electrons. The Bertz CT molecular complexity index is 226. The van der Waals surface area contributed by atoms with Crippen molar-refractivity contribution >= 4 is 0 Å². The van der Waals surface area contributed by atoms with Crippen molar-refractivity contribution in [2.45, 2.75) is 13.3 Å². The highest BCUT2D eigenvalue weighted by Crippen LogP contribution is 2.41. The van der Waals surface area contributed by atoms with Crippen LogP contribution in [0.15, 0.2) is 11.3 Å².